The van der Waals surface area contributed by atoms with E-state index in [9.17, 15) is 0 Å². The summed E-state index contributed by atoms with van der Waals surface area (Å²) in [5, 5.41) is 9.82. The van der Waals surface area contributed by atoms with Crippen molar-refractivity contribution in [1.29, 1.82) is 0 Å². The van der Waals surface area contributed by atoms with E-state index in [0.29, 0.717) is 17.1 Å². The van der Waals surface area contributed by atoms with Gasteiger partial charge >= 0.3 is 0 Å². The zero-order chi connectivity index (χ0) is 7.28. The molecular weight excluding hydrogens is 271 g/mol. The first-order valence-corrected chi connectivity index (χ1v) is 5.22. The quantitative estimate of drug-likeness (QED) is 0.782. The highest BCUT2D eigenvalue weighted by molar-refractivity contribution is 9.12. The molecule has 0 heterocycles. The van der Waals surface area contributed by atoms with Gasteiger partial charge in [0.05, 0.1) is 6.10 Å². The molecule has 0 amide bonds. The zero-order valence-corrected chi connectivity index (χ0v) is 8.79. The van der Waals surface area contributed by atoms with Crippen molar-refractivity contribution in [1.82, 2.24) is 0 Å². The molecule has 0 aliphatic carbocycles. The van der Waals surface area contributed by atoms with Gasteiger partial charge in [0.2, 0.25) is 0 Å². The molecule has 0 aromatic rings. The van der Waals surface area contributed by atoms with E-state index in [2.05, 4.69) is 31.9 Å². The standard InChI is InChI=1S/C5H9Br2ClO/c6-2-4(7)1-5(9)3-8/h4-5,9H,1-3H2. The largest absolute Gasteiger partial charge is 0.392 e. The van der Waals surface area contributed by atoms with Gasteiger partial charge in [0.15, 0.2) is 0 Å². The molecule has 2 atom stereocenters. The van der Waals surface area contributed by atoms with Gasteiger partial charge in [-0.1, -0.05) is 31.9 Å². The smallest absolute Gasteiger partial charge is 0.0686 e. The Morgan fingerprint density at radius 2 is 2.11 bits per heavy atom. The predicted octanol–water partition coefficient (Wildman–Crippen LogP) is 2.13. The summed E-state index contributed by atoms with van der Waals surface area (Å²) in [6.45, 7) is 0. The molecule has 0 aliphatic rings. The molecule has 1 nitrogen and oxygen atoms in total. The maximum absolute atomic E-state index is 8.98. The fraction of sp³-hybridized carbons (Fsp3) is 1.00. The maximum Gasteiger partial charge on any atom is 0.0686 e. The van der Waals surface area contributed by atoms with E-state index in [4.69, 9.17) is 16.7 Å². The minimum absolute atomic E-state index is 0.315. The molecule has 0 spiro atoms. The van der Waals surface area contributed by atoms with Crippen LogP contribution in [0, 0.1) is 0 Å². The summed E-state index contributed by atoms with van der Waals surface area (Å²) in [5.74, 6) is 0.315. The Labute approximate surface area is 77.0 Å². The Kier molecular flexibility index (Phi) is 6.76. The third kappa shape index (κ3) is 5.64. The second kappa shape index (κ2) is 5.96. The van der Waals surface area contributed by atoms with Crippen LogP contribution in [0.4, 0.5) is 0 Å². The summed E-state index contributed by atoms with van der Waals surface area (Å²) in [7, 11) is 0. The van der Waals surface area contributed by atoms with Crippen LogP contribution in [0.25, 0.3) is 0 Å². The van der Waals surface area contributed by atoms with Gasteiger partial charge < -0.3 is 5.11 Å². The van der Waals surface area contributed by atoms with Crippen LogP contribution in [-0.4, -0.2) is 27.2 Å². The molecule has 4 heteroatoms. The second-order valence-corrected chi connectivity index (χ2v) is 4.05. The van der Waals surface area contributed by atoms with E-state index >= 15 is 0 Å². The van der Waals surface area contributed by atoms with Gasteiger partial charge in [-0.2, -0.15) is 0 Å². The number of hydrogen-bond donors (Lipinski definition) is 1. The lowest BCUT2D eigenvalue weighted by Crippen LogP contribution is -2.15. The summed E-state index contributed by atoms with van der Waals surface area (Å²) in [4.78, 5) is 0.325. The molecule has 0 aromatic carbocycles. The van der Waals surface area contributed by atoms with E-state index in [1.54, 1.807) is 0 Å². The van der Waals surface area contributed by atoms with Crippen molar-refractivity contribution < 1.29 is 5.11 Å². The molecule has 0 rings (SSSR count). The average Bonchev–Trinajstić information content (AvgIpc) is 1.87. The number of hydrogen-bond acceptors (Lipinski definition) is 1. The molecule has 2 unspecified atom stereocenters. The maximum atomic E-state index is 8.98. The lowest BCUT2D eigenvalue weighted by atomic mass is 10.2. The van der Waals surface area contributed by atoms with Gasteiger partial charge in [0, 0.05) is 16.0 Å². The van der Waals surface area contributed by atoms with Crippen molar-refractivity contribution in [3.05, 3.63) is 0 Å². The Morgan fingerprint density at radius 3 is 2.44 bits per heavy atom. The van der Waals surface area contributed by atoms with Crippen molar-refractivity contribution in [3.8, 4) is 0 Å². The highest BCUT2D eigenvalue weighted by Crippen LogP contribution is 2.11. The summed E-state index contributed by atoms with van der Waals surface area (Å²) in [6.07, 6.45) is 0.322. The van der Waals surface area contributed by atoms with Crippen LogP contribution >= 0.6 is 43.5 Å². The third-order valence-electron chi connectivity index (χ3n) is 0.873. The number of rotatable bonds is 4. The van der Waals surface area contributed by atoms with Gasteiger partial charge in [-0.25, -0.2) is 0 Å². The third-order valence-corrected chi connectivity index (χ3v) is 3.58. The van der Waals surface area contributed by atoms with Gasteiger partial charge in [-0.15, -0.1) is 11.6 Å². The molecule has 0 radical (unpaired) electrons. The SMILES string of the molecule is OC(CCl)CC(Br)CBr. The molecule has 9 heavy (non-hydrogen) atoms. The van der Waals surface area contributed by atoms with Crippen molar-refractivity contribution in [2.45, 2.75) is 17.4 Å². The van der Waals surface area contributed by atoms with Crippen LogP contribution in [0.5, 0.6) is 0 Å². The van der Waals surface area contributed by atoms with Crippen LogP contribution < -0.4 is 0 Å². The first-order chi connectivity index (χ1) is 4.20. The number of halogens is 3. The van der Waals surface area contributed by atoms with Gasteiger partial charge in [-0.05, 0) is 6.42 Å². The monoisotopic (exact) mass is 278 g/mol. The Bertz CT molecular complexity index is 64.0. The van der Waals surface area contributed by atoms with Crippen molar-refractivity contribution in [3.63, 3.8) is 0 Å². The average molecular weight is 280 g/mol. The Hall–Kier alpha value is 1.21. The van der Waals surface area contributed by atoms with E-state index in [-0.39, 0.29) is 6.10 Å². The van der Waals surface area contributed by atoms with Crippen molar-refractivity contribution >= 4 is 43.5 Å². The molecule has 56 valence electrons. The Balaban J connectivity index is 3.22. The van der Waals surface area contributed by atoms with E-state index in [1.165, 1.54) is 0 Å². The molecule has 0 bridgehead atoms. The van der Waals surface area contributed by atoms with Crippen LogP contribution in [0.1, 0.15) is 6.42 Å². The van der Waals surface area contributed by atoms with E-state index in [0.717, 1.165) is 5.33 Å². The van der Waals surface area contributed by atoms with Gasteiger partial charge in [0.25, 0.3) is 0 Å². The zero-order valence-electron chi connectivity index (χ0n) is 4.86. The first-order valence-electron chi connectivity index (χ1n) is 2.64. The topological polar surface area (TPSA) is 20.2 Å². The summed E-state index contributed by atoms with van der Waals surface area (Å²) in [5.41, 5.74) is 0. The predicted molar refractivity (Wildman–Crippen MR) is 47.9 cm³/mol. The van der Waals surface area contributed by atoms with Crippen LogP contribution in [0.2, 0.25) is 0 Å². The summed E-state index contributed by atoms with van der Waals surface area (Å²) >= 11 is 12.0. The van der Waals surface area contributed by atoms with Crippen LogP contribution in [0.3, 0.4) is 0 Å². The fourth-order valence-electron chi connectivity index (χ4n) is 0.421. The number of aliphatic hydroxyl groups is 1. The highest BCUT2D eigenvalue weighted by Gasteiger charge is 2.08. The Morgan fingerprint density at radius 1 is 1.56 bits per heavy atom. The molecule has 0 saturated heterocycles. The summed E-state index contributed by atoms with van der Waals surface area (Å²) < 4.78 is 0. The second-order valence-electron chi connectivity index (χ2n) is 1.80. The van der Waals surface area contributed by atoms with Gasteiger partial charge in [-0.3, -0.25) is 0 Å². The molecule has 0 fully saturated rings. The normalized spacial score (nSPS) is 17.3. The molecular formula is C5H9Br2ClO. The highest BCUT2D eigenvalue weighted by atomic mass is 79.9. The number of aliphatic hydroxyl groups excluding tert-OH is 1. The van der Waals surface area contributed by atoms with Crippen molar-refractivity contribution in [2.24, 2.45) is 0 Å². The number of alkyl halides is 3. The summed E-state index contributed by atoms with van der Waals surface area (Å²) in [6, 6.07) is 0. The van der Waals surface area contributed by atoms with Crippen LogP contribution in [0.15, 0.2) is 0 Å². The van der Waals surface area contributed by atoms with E-state index < -0.39 is 0 Å². The molecule has 0 aromatic heterocycles. The molecule has 0 aliphatic heterocycles. The first kappa shape index (κ1) is 10.2. The molecule has 0 saturated carbocycles. The minimum Gasteiger partial charge on any atom is -0.392 e. The van der Waals surface area contributed by atoms with Gasteiger partial charge in [0.1, 0.15) is 0 Å². The molecule has 1 N–H and O–H groups in total. The van der Waals surface area contributed by atoms with Crippen LogP contribution in [-0.2, 0) is 0 Å². The fourth-order valence-corrected chi connectivity index (χ4v) is 1.24. The lowest BCUT2D eigenvalue weighted by molar-refractivity contribution is 0.189. The van der Waals surface area contributed by atoms with Crippen molar-refractivity contribution in [2.75, 3.05) is 11.2 Å². The minimum atomic E-state index is -0.381. The van der Waals surface area contributed by atoms with E-state index in [1.807, 2.05) is 0 Å². The lowest BCUT2D eigenvalue weighted by Gasteiger charge is -2.08.